The van der Waals surface area contributed by atoms with E-state index in [1.54, 1.807) is 31.5 Å². The van der Waals surface area contributed by atoms with Crippen molar-refractivity contribution in [1.29, 1.82) is 0 Å². The Morgan fingerprint density at radius 2 is 2.06 bits per heavy atom. The van der Waals surface area contributed by atoms with Gasteiger partial charge in [-0.15, -0.1) is 0 Å². The van der Waals surface area contributed by atoms with Crippen molar-refractivity contribution >= 4 is 51.3 Å². The van der Waals surface area contributed by atoms with Crippen LogP contribution in [0.2, 0.25) is 10.0 Å². The molecule has 1 fully saturated rings. The van der Waals surface area contributed by atoms with Crippen LogP contribution in [0.1, 0.15) is 11.1 Å². The lowest BCUT2D eigenvalue weighted by atomic mass is 10.2. The first kappa shape index (κ1) is 23.8. The van der Waals surface area contributed by atoms with Gasteiger partial charge in [0.1, 0.15) is 6.61 Å². The molecule has 0 aliphatic carbocycles. The SMILES string of the molecule is COc1cc(/C=N\NC(=O)CN2CCOCC2)cc(Br)c1OCc1ccc(Cl)cc1Cl. The number of nitrogens with one attached hydrogen (secondary N) is 1. The second-order valence-corrected chi connectivity index (χ2v) is 8.44. The highest BCUT2D eigenvalue weighted by Gasteiger charge is 2.14. The number of halogens is 3. The molecule has 31 heavy (non-hydrogen) atoms. The fraction of sp³-hybridized carbons (Fsp3) is 0.333. The monoisotopic (exact) mass is 529 g/mol. The average molecular weight is 531 g/mol. The predicted octanol–water partition coefficient (Wildman–Crippen LogP) is 4.13. The van der Waals surface area contributed by atoms with Crippen molar-refractivity contribution in [2.24, 2.45) is 5.10 Å². The van der Waals surface area contributed by atoms with Crippen LogP contribution in [0.3, 0.4) is 0 Å². The van der Waals surface area contributed by atoms with E-state index in [-0.39, 0.29) is 19.1 Å². The average Bonchev–Trinajstić information content (AvgIpc) is 2.74. The third-order valence-corrected chi connectivity index (χ3v) is 5.69. The number of rotatable bonds is 8. The van der Waals surface area contributed by atoms with Crippen molar-refractivity contribution in [1.82, 2.24) is 10.3 Å². The Hall–Kier alpha value is -1.84. The quantitative estimate of drug-likeness (QED) is 0.410. The summed E-state index contributed by atoms with van der Waals surface area (Å²) in [5, 5.41) is 5.13. The van der Waals surface area contributed by atoms with Gasteiger partial charge in [-0.3, -0.25) is 9.69 Å². The second-order valence-electron chi connectivity index (χ2n) is 6.74. The molecule has 0 atom stereocenters. The first-order valence-corrected chi connectivity index (χ1v) is 11.1. The van der Waals surface area contributed by atoms with Gasteiger partial charge in [0.25, 0.3) is 5.91 Å². The van der Waals surface area contributed by atoms with Gasteiger partial charge >= 0.3 is 0 Å². The number of amides is 1. The maximum Gasteiger partial charge on any atom is 0.254 e. The van der Waals surface area contributed by atoms with Gasteiger partial charge < -0.3 is 14.2 Å². The molecular formula is C21H22BrCl2N3O4. The molecule has 0 bridgehead atoms. The molecule has 1 N–H and O–H groups in total. The molecular weight excluding hydrogens is 509 g/mol. The van der Waals surface area contributed by atoms with Crippen LogP contribution in [0.25, 0.3) is 0 Å². The third kappa shape index (κ3) is 7.08. The van der Waals surface area contributed by atoms with E-state index in [2.05, 4.69) is 26.5 Å². The number of carbonyl (C=O) groups excluding carboxylic acids is 1. The largest absolute Gasteiger partial charge is 0.493 e. The number of nitrogens with zero attached hydrogens (tertiary/aromatic N) is 2. The first-order chi connectivity index (χ1) is 15.0. The zero-order valence-electron chi connectivity index (χ0n) is 16.9. The van der Waals surface area contributed by atoms with E-state index in [4.69, 9.17) is 37.4 Å². The van der Waals surface area contributed by atoms with Gasteiger partial charge in [-0.1, -0.05) is 29.3 Å². The lowest BCUT2D eigenvalue weighted by Gasteiger charge is -2.25. The summed E-state index contributed by atoms with van der Waals surface area (Å²) in [7, 11) is 1.55. The normalized spacial score (nSPS) is 14.6. The van der Waals surface area contributed by atoms with Crippen molar-refractivity contribution in [2.75, 3.05) is 40.0 Å². The second kappa shape index (κ2) is 11.7. The molecule has 2 aromatic rings. The molecule has 0 aromatic heterocycles. The molecule has 7 nitrogen and oxygen atoms in total. The summed E-state index contributed by atoms with van der Waals surface area (Å²) in [6, 6.07) is 8.82. The Morgan fingerprint density at radius 3 is 2.77 bits per heavy atom. The zero-order chi connectivity index (χ0) is 22.2. The summed E-state index contributed by atoms with van der Waals surface area (Å²) in [5.74, 6) is 0.867. The van der Waals surface area contributed by atoms with Crippen LogP contribution < -0.4 is 14.9 Å². The summed E-state index contributed by atoms with van der Waals surface area (Å²) in [4.78, 5) is 14.1. The lowest BCUT2D eigenvalue weighted by Crippen LogP contribution is -2.42. The predicted molar refractivity (Wildman–Crippen MR) is 124 cm³/mol. The number of ether oxygens (including phenoxy) is 3. The number of morpholine rings is 1. The molecule has 1 amide bonds. The van der Waals surface area contributed by atoms with Crippen molar-refractivity contribution < 1.29 is 19.0 Å². The summed E-state index contributed by atoms with van der Waals surface area (Å²) >= 11 is 15.6. The topological polar surface area (TPSA) is 72.4 Å². The molecule has 1 aliphatic rings. The maximum absolute atomic E-state index is 12.0. The van der Waals surface area contributed by atoms with Gasteiger partial charge in [0, 0.05) is 28.7 Å². The van der Waals surface area contributed by atoms with Gasteiger partial charge in [-0.25, -0.2) is 5.43 Å². The molecule has 2 aromatic carbocycles. The summed E-state index contributed by atoms with van der Waals surface area (Å²) in [6.45, 7) is 3.30. The molecule has 1 saturated heterocycles. The summed E-state index contributed by atoms with van der Waals surface area (Å²) in [6.07, 6.45) is 1.55. The molecule has 166 valence electrons. The number of hydrogen-bond acceptors (Lipinski definition) is 6. The molecule has 0 unspecified atom stereocenters. The molecule has 1 heterocycles. The van der Waals surface area contributed by atoms with E-state index in [1.165, 1.54) is 0 Å². The van der Waals surface area contributed by atoms with Crippen LogP contribution in [0.4, 0.5) is 0 Å². The molecule has 1 aliphatic heterocycles. The molecule has 10 heteroatoms. The molecule has 0 radical (unpaired) electrons. The summed E-state index contributed by atoms with van der Waals surface area (Å²) in [5.41, 5.74) is 4.07. The Balaban J connectivity index is 1.61. The van der Waals surface area contributed by atoms with Crippen LogP contribution in [-0.2, 0) is 16.1 Å². The van der Waals surface area contributed by atoms with Crippen molar-refractivity contribution in [2.45, 2.75) is 6.61 Å². The van der Waals surface area contributed by atoms with E-state index in [0.29, 0.717) is 39.2 Å². The molecule has 3 rings (SSSR count). The number of hydrogen-bond donors (Lipinski definition) is 1. The van der Waals surface area contributed by atoms with Crippen molar-refractivity contribution in [3.05, 3.63) is 56.0 Å². The zero-order valence-corrected chi connectivity index (χ0v) is 20.0. The minimum absolute atomic E-state index is 0.177. The Morgan fingerprint density at radius 1 is 1.29 bits per heavy atom. The number of benzene rings is 2. The van der Waals surface area contributed by atoms with Crippen LogP contribution >= 0.6 is 39.1 Å². The highest BCUT2D eigenvalue weighted by molar-refractivity contribution is 9.10. The number of carbonyl (C=O) groups is 1. The first-order valence-electron chi connectivity index (χ1n) is 9.52. The fourth-order valence-corrected chi connectivity index (χ4v) is 3.96. The lowest BCUT2D eigenvalue weighted by molar-refractivity contribution is -0.123. The van der Waals surface area contributed by atoms with Crippen LogP contribution in [-0.4, -0.2) is 57.0 Å². The van der Waals surface area contributed by atoms with E-state index >= 15 is 0 Å². The van der Waals surface area contributed by atoms with E-state index in [0.717, 1.165) is 24.2 Å². The van der Waals surface area contributed by atoms with Crippen molar-refractivity contribution in [3.8, 4) is 11.5 Å². The van der Waals surface area contributed by atoms with Gasteiger partial charge in [-0.05, 0) is 45.8 Å². The minimum Gasteiger partial charge on any atom is -0.493 e. The Bertz CT molecular complexity index is 952. The number of methoxy groups -OCH3 is 1. The Kier molecular flexibility index (Phi) is 8.98. The van der Waals surface area contributed by atoms with Gasteiger partial charge in [-0.2, -0.15) is 5.10 Å². The van der Waals surface area contributed by atoms with Crippen LogP contribution in [0.5, 0.6) is 11.5 Å². The smallest absolute Gasteiger partial charge is 0.254 e. The highest BCUT2D eigenvalue weighted by Crippen LogP contribution is 2.37. The Labute approximate surface area is 199 Å². The molecule has 0 saturated carbocycles. The van der Waals surface area contributed by atoms with Gasteiger partial charge in [0.2, 0.25) is 0 Å². The minimum atomic E-state index is -0.177. The van der Waals surface area contributed by atoms with Crippen LogP contribution in [0.15, 0.2) is 39.9 Å². The molecule has 0 spiro atoms. The van der Waals surface area contributed by atoms with Gasteiger partial charge in [0.05, 0.1) is 37.6 Å². The third-order valence-electron chi connectivity index (χ3n) is 4.51. The highest BCUT2D eigenvalue weighted by atomic mass is 79.9. The summed E-state index contributed by atoms with van der Waals surface area (Å²) < 4.78 is 17.3. The van der Waals surface area contributed by atoms with E-state index < -0.39 is 0 Å². The fourth-order valence-electron chi connectivity index (χ4n) is 2.92. The standard InChI is InChI=1S/C21H22BrCl2N3O4/c1-29-19-9-14(11-25-26-20(28)12-27-4-6-30-7-5-27)8-17(22)21(19)31-13-15-2-3-16(23)10-18(15)24/h2-3,8-11H,4-7,12-13H2,1H3,(H,26,28)/b25-11-. The number of hydrazone groups is 1. The van der Waals surface area contributed by atoms with E-state index in [1.807, 2.05) is 17.0 Å². The van der Waals surface area contributed by atoms with Crippen molar-refractivity contribution in [3.63, 3.8) is 0 Å². The van der Waals surface area contributed by atoms with Gasteiger partial charge in [0.15, 0.2) is 11.5 Å². The van der Waals surface area contributed by atoms with Crippen LogP contribution in [0, 0.1) is 0 Å². The van der Waals surface area contributed by atoms with E-state index in [9.17, 15) is 4.79 Å². The maximum atomic E-state index is 12.0.